The number of esters is 1. The minimum Gasteiger partial charge on any atom is -0.459 e. The van der Waals surface area contributed by atoms with E-state index in [0.717, 1.165) is 42.0 Å². The summed E-state index contributed by atoms with van der Waals surface area (Å²) >= 11 is 0. The van der Waals surface area contributed by atoms with Crippen LogP contribution in [0.15, 0.2) is 53.7 Å². The molecule has 1 fully saturated rings. The van der Waals surface area contributed by atoms with Crippen molar-refractivity contribution in [1.29, 1.82) is 0 Å². The van der Waals surface area contributed by atoms with Crippen molar-refractivity contribution in [2.75, 3.05) is 0 Å². The summed E-state index contributed by atoms with van der Waals surface area (Å²) in [6.45, 7) is 1.77. The fourth-order valence-corrected chi connectivity index (χ4v) is 4.45. The zero-order valence-electron chi connectivity index (χ0n) is 16.9. The molecule has 0 saturated heterocycles. The molecule has 1 atom stereocenters. The Morgan fingerprint density at radius 2 is 1.66 bits per heavy atom. The standard InChI is InChI=1S/C24H28N2O3/c1-16-21(23(27)29-18-12-5-3-2-4-6-13-18)22(26-24(28)25-16)20-15-9-11-17-10-7-8-14-19(17)20/h7-11,14-15,18,22H,2-6,12-13H2,1H3,(H2,25,26,28)/t22-/m1/s1. The summed E-state index contributed by atoms with van der Waals surface area (Å²) in [6, 6.07) is 13.1. The second-order valence-corrected chi connectivity index (χ2v) is 8.01. The van der Waals surface area contributed by atoms with E-state index in [2.05, 4.69) is 10.6 Å². The van der Waals surface area contributed by atoms with Gasteiger partial charge in [-0.1, -0.05) is 61.7 Å². The third kappa shape index (κ3) is 4.29. The first kappa shape index (κ1) is 19.5. The van der Waals surface area contributed by atoms with Crippen LogP contribution in [-0.2, 0) is 9.53 Å². The summed E-state index contributed by atoms with van der Waals surface area (Å²) in [7, 11) is 0. The van der Waals surface area contributed by atoms with Crippen molar-refractivity contribution in [2.24, 2.45) is 0 Å². The molecular formula is C24H28N2O3. The van der Waals surface area contributed by atoms with Gasteiger partial charge in [0.25, 0.3) is 0 Å². The Bertz CT molecular complexity index is 937. The quantitative estimate of drug-likeness (QED) is 0.712. The second kappa shape index (κ2) is 8.68. The van der Waals surface area contributed by atoms with Crippen LogP contribution in [0.2, 0.25) is 0 Å². The topological polar surface area (TPSA) is 67.4 Å². The van der Waals surface area contributed by atoms with Crippen LogP contribution in [0.1, 0.15) is 63.5 Å². The maximum absolute atomic E-state index is 13.2. The van der Waals surface area contributed by atoms with Crippen LogP contribution < -0.4 is 10.6 Å². The third-order valence-electron chi connectivity index (χ3n) is 5.95. The molecule has 0 aromatic heterocycles. The van der Waals surface area contributed by atoms with Crippen LogP contribution in [0.4, 0.5) is 4.79 Å². The minimum absolute atomic E-state index is 0.0473. The van der Waals surface area contributed by atoms with Gasteiger partial charge in [0.05, 0.1) is 11.6 Å². The number of carbonyl (C=O) groups is 2. The van der Waals surface area contributed by atoms with Crippen LogP contribution in [0.5, 0.6) is 0 Å². The molecular weight excluding hydrogens is 364 g/mol. The number of carbonyl (C=O) groups excluding carboxylic acids is 2. The number of hydrogen-bond acceptors (Lipinski definition) is 3. The summed E-state index contributed by atoms with van der Waals surface area (Å²) in [6.07, 6.45) is 7.64. The zero-order valence-corrected chi connectivity index (χ0v) is 16.9. The number of urea groups is 1. The lowest BCUT2D eigenvalue weighted by Gasteiger charge is -2.30. The number of ether oxygens (including phenoxy) is 1. The molecule has 1 saturated carbocycles. The van der Waals surface area contributed by atoms with Gasteiger partial charge in [0, 0.05) is 5.70 Å². The summed E-state index contributed by atoms with van der Waals surface area (Å²) in [5.74, 6) is -0.335. The lowest BCUT2D eigenvalue weighted by atomic mass is 9.91. The monoisotopic (exact) mass is 392 g/mol. The number of fused-ring (bicyclic) bond motifs is 1. The summed E-state index contributed by atoms with van der Waals surface area (Å²) in [5, 5.41) is 7.78. The van der Waals surface area contributed by atoms with Gasteiger partial charge < -0.3 is 15.4 Å². The molecule has 0 radical (unpaired) electrons. The van der Waals surface area contributed by atoms with E-state index < -0.39 is 6.04 Å². The van der Waals surface area contributed by atoms with E-state index in [1.807, 2.05) is 42.5 Å². The van der Waals surface area contributed by atoms with Crippen molar-refractivity contribution < 1.29 is 14.3 Å². The molecule has 0 unspecified atom stereocenters. The van der Waals surface area contributed by atoms with Crippen LogP contribution in [0.3, 0.4) is 0 Å². The van der Waals surface area contributed by atoms with Crippen LogP contribution in [0.25, 0.3) is 10.8 Å². The first-order valence-electron chi connectivity index (χ1n) is 10.6. The predicted molar refractivity (Wildman–Crippen MR) is 113 cm³/mol. The maximum Gasteiger partial charge on any atom is 0.338 e. The van der Waals surface area contributed by atoms with Gasteiger partial charge in [-0.3, -0.25) is 0 Å². The molecule has 0 spiro atoms. The molecule has 5 nitrogen and oxygen atoms in total. The normalized spacial score (nSPS) is 21.1. The molecule has 2 aromatic carbocycles. The zero-order chi connectivity index (χ0) is 20.2. The summed E-state index contributed by atoms with van der Waals surface area (Å²) < 4.78 is 5.95. The van der Waals surface area contributed by atoms with E-state index in [1.165, 1.54) is 19.3 Å². The molecule has 2 amide bonds. The van der Waals surface area contributed by atoms with Gasteiger partial charge >= 0.3 is 12.0 Å². The Kier molecular flexibility index (Phi) is 5.84. The Balaban J connectivity index is 1.66. The van der Waals surface area contributed by atoms with Crippen molar-refractivity contribution in [3.05, 3.63) is 59.3 Å². The Morgan fingerprint density at radius 1 is 0.966 bits per heavy atom. The first-order valence-corrected chi connectivity index (χ1v) is 10.6. The highest BCUT2D eigenvalue weighted by atomic mass is 16.5. The largest absolute Gasteiger partial charge is 0.459 e. The number of benzene rings is 2. The summed E-state index contributed by atoms with van der Waals surface area (Å²) in [5.41, 5.74) is 1.95. The van der Waals surface area contributed by atoms with Crippen LogP contribution >= 0.6 is 0 Å². The lowest BCUT2D eigenvalue weighted by molar-refractivity contribution is -0.145. The van der Waals surface area contributed by atoms with E-state index in [9.17, 15) is 9.59 Å². The molecule has 152 valence electrons. The second-order valence-electron chi connectivity index (χ2n) is 8.01. The van der Waals surface area contributed by atoms with Crippen molar-refractivity contribution >= 4 is 22.8 Å². The fourth-order valence-electron chi connectivity index (χ4n) is 4.45. The molecule has 1 heterocycles. The van der Waals surface area contributed by atoms with Gasteiger partial charge in [-0.2, -0.15) is 0 Å². The van der Waals surface area contributed by atoms with Crippen LogP contribution in [0, 0.1) is 0 Å². The van der Waals surface area contributed by atoms with Gasteiger partial charge in [-0.15, -0.1) is 0 Å². The lowest BCUT2D eigenvalue weighted by Crippen LogP contribution is -2.45. The van der Waals surface area contributed by atoms with Crippen molar-refractivity contribution in [1.82, 2.24) is 10.6 Å². The van der Waals surface area contributed by atoms with Gasteiger partial charge in [0.15, 0.2) is 0 Å². The molecule has 2 aliphatic rings. The van der Waals surface area contributed by atoms with Gasteiger partial charge in [0.2, 0.25) is 0 Å². The highest BCUT2D eigenvalue weighted by molar-refractivity contribution is 5.97. The fraction of sp³-hybridized carbons (Fsp3) is 0.417. The first-order chi connectivity index (χ1) is 14.1. The smallest absolute Gasteiger partial charge is 0.338 e. The highest BCUT2D eigenvalue weighted by Crippen LogP contribution is 2.33. The van der Waals surface area contributed by atoms with Crippen molar-refractivity contribution in [2.45, 2.75) is 64.0 Å². The van der Waals surface area contributed by atoms with Crippen molar-refractivity contribution in [3.8, 4) is 0 Å². The van der Waals surface area contributed by atoms with Crippen molar-refractivity contribution in [3.63, 3.8) is 0 Å². The van der Waals surface area contributed by atoms with E-state index in [-0.39, 0.29) is 18.1 Å². The van der Waals surface area contributed by atoms with E-state index in [1.54, 1.807) is 6.92 Å². The molecule has 4 rings (SSSR count). The van der Waals surface area contributed by atoms with E-state index in [0.29, 0.717) is 11.3 Å². The Morgan fingerprint density at radius 3 is 2.45 bits per heavy atom. The molecule has 29 heavy (non-hydrogen) atoms. The predicted octanol–water partition coefficient (Wildman–Crippen LogP) is 5.12. The van der Waals surface area contributed by atoms with E-state index >= 15 is 0 Å². The molecule has 2 N–H and O–H groups in total. The van der Waals surface area contributed by atoms with E-state index in [4.69, 9.17) is 4.74 Å². The van der Waals surface area contributed by atoms with Crippen LogP contribution in [-0.4, -0.2) is 18.1 Å². The maximum atomic E-state index is 13.2. The average Bonchev–Trinajstić information content (AvgIpc) is 2.68. The summed E-state index contributed by atoms with van der Waals surface area (Å²) in [4.78, 5) is 25.5. The third-order valence-corrected chi connectivity index (χ3v) is 5.95. The Labute approximate surface area is 171 Å². The number of allylic oxidation sites excluding steroid dienone is 1. The SMILES string of the molecule is CC1=C(C(=O)OC2CCCCCCC2)[C@@H](c2cccc3ccccc23)NC(=O)N1. The Hall–Kier alpha value is -2.82. The number of nitrogens with one attached hydrogen (secondary N) is 2. The molecule has 2 aromatic rings. The highest BCUT2D eigenvalue weighted by Gasteiger charge is 2.34. The number of hydrogen-bond donors (Lipinski definition) is 2. The minimum atomic E-state index is -0.532. The van der Waals surface area contributed by atoms with Gasteiger partial charge in [-0.05, 0) is 48.9 Å². The van der Waals surface area contributed by atoms with Gasteiger partial charge in [0.1, 0.15) is 6.10 Å². The number of amides is 2. The van der Waals surface area contributed by atoms with Gasteiger partial charge in [-0.25, -0.2) is 9.59 Å². The molecule has 1 aliphatic heterocycles. The molecule has 0 bridgehead atoms. The average molecular weight is 392 g/mol. The molecule has 1 aliphatic carbocycles. The number of rotatable bonds is 3. The molecule has 5 heteroatoms.